The summed E-state index contributed by atoms with van der Waals surface area (Å²) in [6.07, 6.45) is 1.61. The third-order valence-electron chi connectivity index (χ3n) is 1.83. The van der Waals surface area contributed by atoms with Gasteiger partial charge in [0.25, 0.3) is 0 Å². The monoisotopic (exact) mass is 197 g/mol. The molecule has 1 atom stereocenters. The molecule has 0 unspecified atom stereocenters. The summed E-state index contributed by atoms with van der Waals surface area (Å²) in [7, 11) is 0. The van der Waals surface area contributed by atoms with E-state index in [2.05, 4.69) is 5.32 Å². The van der Waals surface area contributed by atoms with E-state index in [1.807, 2.05) is 19.1 Å². The van der Waals surface area contributed by atoms with E-state index in [0.29, 0.717) is 6.61 Å². The fraction of sp³-hybridized carbons (Fsp3) is 0.500. The van der Waals surface area contributed by atoms with Crippen molar-refractivity contribution < 1.29 is 13.9 Å². The van der Waals surface area contributed by atoms with Crippen molar-refractivity contribution >= 4 is 5.97 Å². The van der Waals surface area contributed by atoms with E-state index < -0.39 is 0 Å². The van der Waals surface area contributed by atoms with E-state index in [4.69, 9.17) is 9.15 Å². The second-order valence-electron chi connectivity index (χ2n) is 2.92. The van der Waals surface area contributed by atoms with Gasteiger partial charge in [-0.2, -0.15) is 0 Å². The summed E-state index contributed by atoms with van der Waals surface area (Å²) in [5, 5.41) is 3.00. The number of esters is 1. The smallest absolute Gasteiger partial charge is 0.319 e. The van der Waals surface area contributed by atoms with E-state index >= 15 is 0 Å². The lowest BCUT2D eigenvalue weighted by Crippen LogP contribution is -2.27. The summed E-state index contributed by atoms with van der Waals surface area (Å²) >= 11 is 0. The van der Waals surface area contributed by atoms with Gasteiger partial charge in [-0.25, -0.2) is 0 Å². The number of rotatable bonds is 5. The van der Waals surface area contributed by atoms with Crippen LogP contribution in [0, 0.1) is 0 Å². The molecule has 1 N–H and O–H groups in total. The van der Waals surface area contributed by atoms with Crippen LogP contribution in [0.3, 0.4) is 0 Å². The number of hydrogen-bond donors (Lipinski definition) is 1. The molecular formula is C10H15NO3. The molecule has 0 aliphatic rings. The normalized spacial score (nSPS) is 12.4. The molecule has 78 valence electrons. The fourth-order valence-electron chi connectivity index (χ4n) is 1.09. The third kappa shape index (κ3) is 3.22. The molecule has 1 rings (SSSR count). The number of hydrogen-bond acceptors (Lipinski definition) is 4. The van der Waals surface area contributed by atoms with E-state index in [-0.39, 0.29) is 18.6 Å². The predicted molar refractivity (Wildman–Crippen MR) is 51.8 cm³/mol. The van der Waals surface area contributed by atoms with Gasteiger partial charge in [0.15, 0.2) is 0 Å². The number of nitrogens with one attached hydrogen (secondary N) is 1. The summed E-state index contributed by atoms with van der Waals surface area (Å²) in [5.74, 6) is 0.570. The van der Waals surface area contributed by atoms with Crippen molar-refractivity contribution in [1.29, 1.82) is 0 Å². The molecule has 0 amide bonds. The average Bonchev–Trinajstić information content (AvgIpc) is 2.67. The first-order valence-corrected chi connectivity index (χ1v) is 4.66. The number of ether oxygens (including phenoxy) is 1. The SMILES string of the molecule is CCOC(=O)CN[C@H](C)c1ccco1. The summed E-state index contributed by atoms with van der Waals surface area (Å²) in [6.45, 7) is 4.33. The molecule has 0 aliphatic heterocycles. The number of furan rings is 1. The first-order valence-electron chi connectivity index (χ1n) is 4.66. The van der Waals surface area contributed by atoms with Crippen LogP contribution in [-0.4, -0.2) is 19.1 Å². The Morgan fingerprint density at radius 3 is 3.07 bits per heavy atom. The maximum atomic E-state index is 11.0. The van der Waals surface area contributed by atoms with Crippen molar-refractivity contribution in [3.05, 3.63) is 24.2 Å². The number of carbonyl (C=O) groups excluding carboxylic acids is 1. The van der Waals surface area contributed by atoms with Gasteiger partial charge in [-0.3, -0.25) is 10.1 Å². The Kier molecular flexibility index (Phi) is 4.19. The van der Waals surface area contributed by atoms with E-state index in [9.17, 15) is 4.79 Å². The standard InChI is InChI=1S/C10H15NO3/c1-3-13-10(12)7-11-8(2)9-5-4-6-14-9/h4-6,8,11H,3,7H2,1-2H3/t8-/m1/s1. The lowest BCUT2D eigenvalue weighted by Gasteiger charge is -2.09. The van der Waals surface area contributed by atoms with Crippen LogP contribution in [0.4, 0.5) is 0 Å². The highest BCUT2D eigenvalue weighted by atomic mass is 16.5. The lowest BCUT2D eigenvalue weighted by molar-refractivity contribution is -0.142. The van der Waals surface area contributed by atoms with Crippen molar-refractivity contribution in [2.45, 2.75) is 19.9 Å². The van der Waals surface area contributed by atoms with Crippen molar-refractivity contribution in [2.24, 2.45) is 0 Å². The Bertz CT molecular complexity index is 269. The molecule has 0 bridgehead atoms. The highest BCUT2D eigenvalue weighted by Crippen LogP contribution is 2.11. The molecular weight excluding hydrogens is 182 g/mol. The number of carbonyl (C=O) groups is 1. The van der Waals surface area contributed by atoms with Crippen LogP contribution in [0.5, 0.6) is 0 Å². The average molecular weight is 197 g/mol. The van der Waals surface area contributed by atoms with Gasteiger partial charge in [-0.05, 0) is 26.0 Å². The molecule has 1 aromatic heterocycles. The highest BCUT2D eigenvalue weighted by molar-refractivity contribution is 5.71. The Hall–Kier alpha value is -1.29. The highest BCUT2D eigenvalue weighted by Gasteiger charge is 2.09. The third-order valence-corrected chi connectivity index (χ3v) is 1.83. The molecule has 0 saturated carbocycles. The molecule has 1 aromatic rings. The topological polar surface area (TPSA) is 51.5 Å². The first-order chi connectivity index (χ1) is 6.74. The van der Waals surface area contributed by atoms with Gasteiger partial charge in [0.05, 0.1) is 25.5 Å². The predicted octanol–water partition coefficient (Wildman–Crippen LogP) is 1.49. The Balaban J connectivity index is 2.28. The quantitative estimate of drug-likeness (QED) is 0.727. The van der Waals surface area contributed by atoms with Crippen LogP contribution < -0.4 is 5.32 Å². The minimum atomic E-state index is -0.245. The molecule has 0 aliphatic carbocycles. The summed E-state index contributed by atoms with van der Waals surface area (Å²) < 4.78 is 9.95. The van der Waals surface area contributed by atoms with Gasteiger partial charge in [-0.1, -0.05) is 0 Å². The molecule has 0 fully saturated rings. The van der Waals surface area contributed by atoms with Crippen LogP contribution >= 0.6 is 0 Å². The van der Waals surface area contributed by atoms with Crippen LogP contribution in [0.15, 0.2) is 22.8 Å². The molecule has 14 heavy (non-hydrogen) atoms. The van der Waals surface area contributed by atoms with Crippen LogP contribution in [0.2, 0.25) is 0 Å². The maximum Gasteiger partial charge on any atom is 0.319 e. The second-order valence-corrected chi connectivity index (χ2v) is 2.92. The van der Waals surface area contributed by atoms with Crippen molar-refractivity contribution in [3.8, 4) is 0 Å². The van der Waals surface area contributed by atoms with E-state index in [1.54, 1.807) is 13.2 Å². The van der Waals surface area contributed by atoms with Crippen molar-refractivity contribution in [2.75, 3.05) is 13.2 Å². The first kappa shape index (κ1) is 10.8. The molecule has 0 saturated heterocycles. The van der Waals surface area contributed by atoms with Gasteiger partial charge in [0.2, 0.25) is 0 Å². The van der Waals surface area contributed by atoms with Crippen molar-refractivity contribution in [1.82, 2.24) is 5.32 Å². The second kappa shape index (κ2) is 5.44. The summed E-state index contributed by atoms with van der Waals surface area (Å²) in [6, 6.07) is 3.70. The fourth-order valence-corrected chi connectivity index (χ4v) is 1.09. The van der Waals surface area contributed by atoms with Gasteiger partial charge in [0.1, 0.15) is 5.76 Å². The van der Waals surface area contributed by atoms with Crippen LogP contribution in [-0.2, 0) is 9.53 Å². The minimum Gasteiger partial charge on any atom is -0.468 e. The van der Waals surface area contributed by atoms with Crippen molar-refractivity contribution in [3.63, 3.8) is 0 Å². The molecule has 4 nitrogen and oxygen atoms in total. The zero-order valence-corrected chi connectivity index (χ0v) is 8.45. The van der Waals surface area contributed by atoms with Gasteiger partial charge < -0.3 is 9.15 Å². The Labute approximate surface area is 83.2 Å². The molecule has 0 spiro atoms. The zero-order valence-electron chi connectivity index (χ0n) is 8.45. The summed E-state index contributed by atoms with van der Waals surface area (Å²) in [4.78, 5) is 11.0. The van der Waals surface area contributed by atoms with E-state index in [1.165, 1.54) is 0 Å². The minimum absolute atomic E-state index is 0.0226. The largest absolute Gasteiger partial charge is 0.468 e. The maximum absolute atomic E-state index is 11.0. The van der Waals surface area contributed by atoms with Gasteiger partial charge in [0, 0.05) is 0 Å². The molecule has 4 heteroatoms. The molecule has 0 aromatic carbocycles. The van der Waals surface area contributed by atoms with Crippen LogP contribution in [0.1, 0.15) is 25.6 Å². The Morgan fingerprint density at radius 1 is 1.71 bits per heavy atom. The van der Waals surface area contributed by atoms with E-state index in [0.717, 1.165) is 5.76 Å². The lowest BCUT2D eigenvalue weighted by atomic mass is 10.2. The summed E-state index contributed by atoms with van der Waals surface area (Å²) in [5.41, 5.74) is 0. The zero-order chi connectivity index (χ0) is 10.4. The van der Waals surface area contributed by atoms with Gasteiger partial charge >= 0.3 is 5.97 Å². The molecule has 1 heterocycles. The molecule has 0 radical (unpaired) electrons. The van der Waals surface area contributed by atoms with Crippen LogP contribution in [0.25, 0.3) is 0 Å². The Morgan fingerprint density at radius 2 is 2.50 bits per heavy atom. The van der Waals surface area contributed by atoms with Gasteiger partial charge in [-0.15, -0.1) is 0 Å².